The number of aromatic nitrogens is 1. The molecule has 0 spiro atoms. The average molecular weight is 358 g/mol. The van der Waals surface area contributed by atoms with Gasteiger partial charge in [0, 0.05) is 42.6 Å². The van der Waals surface area contributed by atoms with Gasteiger partial charge in [-0.15, -0.1) is 0 Å². The molecule has 25 heavy (non-hydrogen) atoms. The molecular weight excluding hydrogens is 334 g/mol. The van der Waals surface area contributed by atoms with E-state index in [1.165, 1.54) is 5.69 Å². The van der Waals surface area contributed by atoms with Crippen molar-refractivity contribution in [3.05, 3.63) is 59.4 Å². The molecule has 0 aliphatic carbocycles. The number of anilines is 1. The lowest BCUT2D eigenvalue weighted by molar-refractivity contribution is 0.649. The molecule has 6 heteroatoms. The van der Waals surface area contributed by atoms with E-state index in [4.69, 9.17) is 11.6 Å². The number of nitrogens with one attached hydrogen (secondary N) is 2. The SMILES string of the molecule is CCNC(=NCc1ccccn1)NC1CCN(c2cccc(Cl)c2)C1. The lowest BCUT2D eigenvalue weighted by Crippen LogP contribution is -2.44. The molecule has 1 atom stereocenters. The Hall–Kier alpha value is -2.27. The van der Waals surface area contributed by atoms with Crippen LogP contribution in [0.3, 0.4) is 0 Å². The van der Waals surface area contributed by atoms with Crippen LogP contribution in [0.15, 0.2) is 53.7 Å². The maximum atomic E-state index is 6.11. The van der Waals surface area contributed by atoms with Crippen LogP contribution in [0.5, 0.6) is 0 Å². The van der Waals surface area contributed by atoms with E-state index in [-0.39, 0.29) is 0 Å². The van der Waals surface area contributed by atoms with Crippen LogP contribution in [0.25, 0.3) is 0 Å². The van der Waals surface area contributed by atoms with Crippen molar-refractivity contribution in [3.63, 3.8) is 0 Å². The molecule has 132 valence electrons. The second kappa shape index (κ2) is 8.72. The van der Waals surface area contributed by atoms with E-state index in [0.29, 0.717) is 12.6 Å². The van der Waals surface area contributed by atoms with E-state index < -0.39 is 0 Å². The van der Waals surface area contributed by atoms with Gasteiger partial charge in [0.2, 0.25) is 0 Å². The predicted molar refractivity (Wildman–Crippen MR) is 104 cm³/mol. The number of rotatable bonds is 5. The zero-order valence-electron chi connectivity index (χ0n) is 14.5. The zero-order valence-corrected chi connectivity index (χ0v) is 15.2. The minimum atomic E-state index is 0.362. The Morgan fingerprint density at radius 3 is 3.00 bits per heavy atom. The van der Waals surface area contributed by atoms with Crippen molar-refractivity contribution in [2.24, 2.45) is 4.99 Å². The molecule has 2 N–H and O–H groups in total. The highest BCUT2D eigenvalue weighted by Crippen LogP contribution is 2.23. The first-order valence-corrected chi connectivity index (χ1v) is 9.07. The van der Waals surface area contributed by atoms with E-state index in [0.717, 1.165) is 42.7 Å². The molecule has 3 rings (SSSR count). The van der Waals surface area contributed by atoms with E-state index >= 15 is 0 Å². The molecule has 2 aromatic rings. The van der Waals surface area contributed by atoms with E-state index in [2.05, 4.69) is 38.5 Å². The fourth-order valence-corrected chi connectivity index (χ4v) is 3.14. The monoisotopic (exact) mass is 357 g/mol. The fourth-order valence-electron chi connectivity index (χ4n) is 2.95. The summed E-state index contributed by atoms with van der Waals surface area (Å²) < 4.78 is 0. The van der Waals surface area contributed by atoms with Gasteiger partial charge in [0.25, 0.3) is 0 Å². The molecular formula is C19H24ClN5. The molecule has 1 aromatic carbocycles. The molecule has 0 bridgehead atoms. The Morgan fingerprint density at radius 1 is 1.32 bits per heavy atom. The summed E-state index contributed by atoms with van der Waals surface area (Å²) in [4.78, 5) is 11.3. The average Bonchev–Trinajstić information content (AvgIpc) is 3.09. The smallest absolute Gasteiger partial charge is 0.191 e. The summed E-state index contributed by atoms with van der Waals surface area (Å²) in [7, 11) is 0. The molecule has 2 heterocycles. The van der Waals surface area contributed by atoms with Crippen LogP contribution >= 0.6 is 11.6 Å². The lowest BCUT2D eigenvalue weighted by Gasteiger charge is -2.20. The molecule has 0 amide bonds. The van der Waals surface area contributed by atoms with Gasteiger partial charge in [-0.1, -0.05) is 23.7 Å². The molecule has 0 radical (unpaired) electrons. The zero-order chi connectivity index (χ0) is 17.5. The van der Waals surface area contributed by atoms with Crippen LogP contribution in [0.4, 0.5) is 5.69 Å². The first-order valence-electron chi connectivity index (χ1n) is 8.70. The minimum Gasteiger partial charge on any atom is -0.369 e. The summed E-state index contributed by atoms with van der Waals surface area (Å²) in [6.45, 7) is 5.43. The number of hydrogen-bond donors (Lipinski definition) is 2. The number of aliphatic imine (C=N–C) groups is 1. The van der Waals surface area contributed by atoms with E-state index in [1.807, 2.05) is 36.4 Å². The van der Waals surface area contributed by atoms with Crippen molar-refractivity contribution in [1.29, 1.82) is 0 Å². The first kappa shape index (κ1) is 17.5. The first-order chi connectivity index (χ1) is 12.2. The molecule has 1 fully saturated rings. The summed E-state index contributed by atoms with van der Waals surface area (Å²) in [5, 5.41) is 7.63. The maximum absolute atomic E-state index is 6.11. The molecule has 0 saturated carbocycles. The molecule has 1 aliphatic rings. The van der Waals surface area contributed by atoms with Crippen molar-refractivity contribution >= 4 is 23.2 Å². The number of guanidine groups is 1. The van der Waals surface area contributed by atoms with Crippen LogP contribution in [0.2, 0.25) is 5.02 Å². The Bertz CT molecular complexity index is 704. The maximum Gasteiger partial charge on any atom is 0.191 e. The van der Waals surface area contributed by atoms with Crippen molar-refractivity contribution in [2.45, 2.75) is 25.9 Å². The van der Waals surface area contributed by atoms with E-state index in [9.17, 15) is 0 Å². The highest BCUT2D eigenvalue weighted by Gasteiger charge is 2.23. The number of halogens is 1. The second-order valence-electron chi connectivity index (χ2n) is 6.07. The minimum absolute atomic E-state index is 0.362. The van der Waals surface area contributed by atoms with Crippen molar-refractivity contribution in [1.82, 2.24) is 15.6 Å². The molecule has 1 aromatic heterocycles. The molecule has 1 unspecified atom stereocenters. The van der Waals surface area contributed by atoms with Gasteiger partial charge in [-0.2, -0.15) is 0 Å². The third kappa shape index (κ3) is 5.10. The van der Waals surface area contributed by atoms with Gasteiger partial charge in [0.15, 0.2) is 5.96 Å². The van der Waals surface area contributed by atoms with Crippen LogP contribution in [0.1, 0.15) is 19.0 Å². The van der Waals surface area contributed by atoms with E-state index in [1.54, 1.807) is 6.20 Å². The largest absolute Gasteiger partial charge is 0.369 e. The number of hydrogen-bond acceptors (Lipinski definition) is 3. The Labute approximate surface area is 154 Å². The Kier molecular flexibility index (Phi) is 6.12. The van der Waals surface area contributed by atoms with Crippen LogP contribution in [0, 0.1) is 0 Å². The van der Waals surface area contributed by atoms with Crippen molar-refractivity contribution < 1.29 is 0 Å². The van der Waals surface area contributed by atoms with Crippen molar-refractivity contribution in [3.8, 4) is 0 Å². The molecule has 5 nitrogen and oxygen atoms in total. The van der Waals surface area contributed by atoms with Gasteiger partial charge in [0.1, 0.15) is 0 Å². The van der Waals surface area contributed by atoms with Gasteiger partial charge in [-0.25, -0.2) is 4.99 Å². The highest BCUT2D eigenvalue weighted by atomic mass is 35.5. The Balaban J connectivity index is 1.59. The quantitative estimate of drug-likeness (QED) is 0.638. The normalized spacial score (nSPS) is 17.6. The highest BCUT2D eigenvalue weighted by molar-refractivity contribution is 6.30. The van der Waals surface area contributed by atoms with Crippen LogP contribution < -0.4 is 15.5 Å². The standard InChI is InChI=1S/C19H24ClN5/c1-2-21-19(23-13-16-7-3-4-10-22-16)24-17-9-11-25(14-17)18-8-5-6-15(20)12-18/h3-8,10,12,17H,2,9,11,13-14H2,1H3,(H2,21,23,24). The second-order valence-corrected chi connectivity index (χ2v) is 6.51. The number of nitrogens with zero attached hydrogens (tertiary/aromatic N) is 3. The third-order valence-electron chi connectivity index (χ3n) is 4.17. The van der Waals surface area contributed by atoms with Crippen LogP contribution in [-0.4, -0.2) is 36.6 Å². The van der Waals surface area contributed by atoms with Gasteiger partial charge in [0.05, 0.1) is 12.2 Å². The fraction of sp³-hybridized carbons (Fsp3) is 0.368. The Morgan fingerprint density at radius 2 is 2.24 bits per heavy atom. The van der Waals surface area contributed by atoms with Crippen molar-refractivity contribution in [2.75, 3.05) is 24.5 Å². The van der Waals surface area contributed by atoms with Gasteiger partial charge < -0.3 is 15.5 Å². The predicted octanol–water partition coefficient (Wildman–Crippen LogP) is 3.07. The summed E-state index contributed by atoms with van der Waals surface area (Å²) in [5.74, 6) is 0.839. The number of pyridine rings is 1. The van der Waals surface area contributed by atoms with Gasteiger partial charge in [-0.3, -0.25) is 4.98 Å². The van der Waals surface area contributed by atoms with Gasteiger partial charge in [-0.05, 0) is 43.7 Å². The summed E-state index contributed by atoms with van der Waals surface area (Å²) >= 11 is 6.11. The molecule has 1 aliphatic heterocycles. The van der Waals surface area contributed by atoms with Crippen LogP contribution in [-0.2, 0) is 6.54 Å². The van der Waals surface area contributed by atoms with Gasteiger partial charge >= 0.3 is 0 Å². The summed E-state index contributed by atoms with van der Waals surface area (Å²) in [6.07, 6.45) is 2.87. The lowest BCUT2D eigenvalue weighted by atomic mass is 10.2. The summed E-state index contributed by atoms with van der Waals surface area (Å²) in [5.41, 5.74) is 2.14. The third-order valence-corrected chi connectivity index (χ3v) is 4.41. The number of benzene rings is 1. The topological polar surface area (TPSA) is 52.6 Å². The molecule has 1 saturated heterocycles. The summed E-state index contributed by atoms with van der Waals surface area (Å²) in [6, 6.07) is 14.3.